The Morgan fingerprint density at radius 2 is 1.80 bits per heavy atom. The van der Waals surface area contributed by atoms with Gasteiger partial charge in [0.05, 0.1) is 17.9 Å². The zero-order valence-corrected chi connectivity index (χ0v) is 24.3. The van der Waals surface area contributed by atoms with Gasteiger partial charge in [0.25, 0.3) is 0 Å². The van der Waals surface area contributed by atoms with Gasteiger partial charge in [0.2, 0.25) is 5.88 Å². The second kappa shape index (κ2) is 11.9. The number of aliphatic carboxylic acids is 1. The van der Waals surface area contributed by atoms with Gasteiger partial charge >= 0.3 is 5.97 Å². The molecule has 4 rings (SSSR count). The molecule has 0 radical (unpaired) electrons. The fourth-order valence-electron chi connectivity index (χ4n) is 4.99. The summed E-state index contributed by atoms with van der Waals surface area (Å²) >= 11 is 0. The van der Waals surface area contributed by atoms with E-state index in [4.69, 9.17) is 9.47 Å². The number of carboxylic acids is 1. The Balaban J connectivity index is 1.73. The first-order valence-corrected chi connectivity index (χ1v) is 13.8. The maximum absolute atomic E-state index is 15.3. The highest BCUT2D eigenvalue weighted by Gasteiger charge is 2.36. The molecule has 0 amide bonds. The summed E-state index contributed by atoms with van der Waals surface area (Å²) < 4.78 is 27.0. The number of rotatable bonds is 9. The van der Waals surface area contributed by atoms with Crippen LogP contribution in [0.3, 0.4) is 0 Å². The highest BCUT2D eigenvalue weighted by molar-refractivity contribution is 5.86. The van der Waals surface area contributed by atoms with Gasteiger partial charge in [0, 0.05) is 54.3 Å². The van der Waals surface area contributed by atoms with Gasteiger partial charge in [0.1, 0.15) is 0 Å². The Morgan fingerprint density at radius 1 is 1.12 bits per heavy atom. The van der Waals surface area contributed by atoms with E-state index in [1.165, 1.54) is 6.07 Å². The fraction of sp³-hybridized carbons (Fsp3) is 0.469. The Labute approximate surface area is 236 Å². The molecule has 3 aromatic rings. The van der Waals surface area contributed by atoms with Crippen molar-refractivity contribution >= 4 is 11.7 Å². The van der Waals surface area contributed by atoms with Crippen molar-refractivity contribution in [3.05, 3.63) is 71.4 Å². The molecule has 2 aromatic heterocycles. The molecule has 1 saturated heterocycles. The molecule has 1 fully saturated rings. The SMILES string of the molecule is Cc1ncc(-c2cnc(OCCc3ccccc3)c(F)c2)c(N2CCC(C)(C)CC2)c1[C@H](OC(C)(C)C)C(=O)O. The standard InChI is InChI=1S/C32H40FN3O4/c1-21-26(28(30(37)38)40-31(2,3)4)27(36-15-13-32(5,6)14-16-36)24(20-34-21)23-18-25(33)29(35-19-23)39-17-12-22-10-8-7-9-11-22/h7-11,18-20,28H,12-17H2,1-6H3,(H,37,38)/t28-/m0/s1. The molecule has 1 atom stereocenters. The van der Waals surface area contributed by atoms with Crippen LogP contribution < -0.4 is 9.64 Å². The average Bonchev–Trinajstić information content (AvgIpc) is 2.88. The Kier molecular flexibility index (Phi) is 8.78. The third-order valence-corrected chi connectivity index (χ3v) is 7.27. The van der Waals surface area contributed by atoms with Crippen molar-refractivity contribution in [2.75, 3.05) is 24.6 Å². The number of benzene rings is 1. The topological polar surface area (TPSA) is 84.8 Å². The summed E-state index contributed by atoms with van der Waals surface area (Å²) in [6, 6.07) is 11.2. The van der Waals surface area contributed by atoms with Crippen molar-refractivity contribution < 1.29 is 23.8 Å². The molecule has 0 aliphatic carbocycles. The molecular weight excluding hydrogens is 509 g/mol. The number of aromatic nitrogens is 2. The van der Waals surface area contributed by atoms with Gasteiger partial charge in [-0.05, 0) is 57.6 Å². The molecule has 1 aliphatic heterocycles. The van der Waals surface area contributed by atoms with Gasteiger partial charge in [-0.15, -0.1) is 0 Å². The van der Waals surface area contributed by atoms with Gasteiger partial charge in [-0.1, -0.05) is 44.2 Å². The first kappa shape index (κ1) is 29.5. The number of anilines is 1. The predicted octanol–water partition coefficient (Wildman–Crippen LogP) is 6.78. The highest BCUT2D eigenvalue weighted by Crippen LogP contribution is 2.43. The third-order valence-electron chi connectivity index (χ3n) is 7.27. The zero-order valence-electron chi connectivity index (χ0n) is 24.3. The maximum atomic E-state index is 15.3. The lowest BCUT2D eigenvalue weighted by atomic mass is 9.82. The van der Waals surface area contributed by atoms with Crippen LogP contribution in [0.1, 0.15) is 70.4 Å². The minimum atomic E-state index is -1.24. The maximum Gasteiger partial charge on any atom is 0.337 e. The van der Waals surface area contributed by atoms with E-state index in [0.717, 1.165) is 31.5 Å². The lowest BCUT2D eigenvalue weighted by Gasteiger charge is -2.40. The number of nitrogens with zero attached hydrogens (tertiary/aromatic N) is 3. The van der Waals surface area contributed by atoms with E-state index < -0.39 is 23.5 Å². The van der Waals surface area contributed by atoms with E-state index in [9.17, 15) is 9.90 Å². The van der Waals surface area contributed by atoms with Gasteiger partial charge in [-0.25, -0.2) is 14.2 Å². The van der Waals surface area contributed by atoms with Crippen molar-refractivity contribution in [3.63, 3.8) is 0 Å². The Bertz CT molecular complexity index is 1330. The lowest BCUT2D eigenvalue weighted by Crippen LogP contribution is -2.39. The Hall–Kier alpha value is -3.52. The molecule has 0 spiro atoms. The van der Waals surface area contributed by atoms with Gasteiger partial charge in [0.15, 0.2) is 11.9 Å². The summed E-state index contributed by atoms with van der Waals surface area (Å²) in [6.07, 6.45) is 4.51. The van der Waals surface area contributed by atoms with Crippen LogP contribution in [0.25, 0.3) is 11.1 Å². The van der Waals surface area contributed by atoms with Crippen molar-refractivity contribution in [1.82, 2.24) is 9.97 Å². The number of pyridine rings is 2. The molecule has 0 saturated carbocycles. The number of carboxylic acid groups (broad SMARTS) is 1. The molecule has 1 aliphatic rings. The summed E-state index contributed by atoms with van der Waals surface area (Å²) in [7, 11) is 0. The van der Waals surface area contributed by atoms with Gasteiger partial charge < -0.3 is 19.5 Å². The Morgan fingerprint density at radius 3 is 2.40 bits per heavy atom. The van der Waals surface area contributed by atoms with Crippen molar-refractivity contribution in [1.29, 1.82) is 0 Å². The largest absolute Gasteiger partial charge is 0.479 e. The normalized spacial score (nSPS) is 16.0. The van der Waals surface area contributed by atoms with Crippen LogP contribution in [0.4, 0.5) is 10.1 Å². The first-order valence-electron chi connectivity index (χ1n) is 13.8. The van der Waals surface area contributed by atoms with Crippen LogP contribution >= 0.6 is 0 Å². The number of hydrogen-bond donors (Lipinski definition) is 1. The lowest BCUT2D eigenvalue weighted by molar-refractivity contribution is -0.160. The van der Waals surface area contributed by atoms with Crippen molar-refractivity contribution in [2.24, 2.45) is 5.41 Å². The van der Waals surface area contributed by atoms with Crippen molar-refractivity contribution in [2.45, 2.75) is 72.5 Å². The highest BCUT2D eigenvalue weighted by atomic mass is 19.1. The second-order valence-corrected chi connectivity index (χ2v) is 12.2. The number of hydrogen-bond acceptors (Lipinski definition) is 6. The molecule has 214 valence electrons. The first-order chi connectivity index (χ1) is 18.8. The van der Waals surface area contributed by atoms with E-state index >= 15 is 4.39 Å². The van der Waals surface area contributed by atoms with E-state index in [1.54, 1.807) is 19.3 Å². The van der Waals surface area contributed by atoms with Crippen LogP contribution in [-0.4, -0.2) is 46.3 Å². The summed E-state index contributed by atoms with van der Waals surface area (Å²) in [5.41, 5.74) is 3.44. The third kappa shape index (κ3) is 7.16. The smallest absolute Gasteiger partial charge is 0.337 e. The van der Waals surface area contributed by atoms with Crippen LogP contribution in [-0.2, 0) is 16.0 Å². The number of aryl methyl sites for hydroxylation is 1. The fourth-order valence-corrected chi connectivity index (χ4v) is 4.99. The second-order valence-electron chi connectivity index (χ2n) is 12.2. The monoisotopic (exact) mass is 549 g/mol. The summed E-state index contributed by atoms with van der Waals surface area (Å²) in [4.78, 5) is 23.6. The number of halogens is 1. The molecule has 1 N–H and O–H groups in total. The molecule has 1 aromatic carbocycles. The van der Waals surface area contributed by atoms with Crippen molar-refractivity contribution in [3.8, 4) is 17.0 Å². The summed E-state index contributed by atoms with van der Waals surface area (Å²) in [6.45, 7) is 13.5. The number of carbonyl (C=O) groups is 1. The summed E-state index contributed by atoms with van der Waals surface area (Å²) in [5, 5.41) is 10.3. The van der Waals surface area contributed by atoms with Crippen LogP contribution in [0.2, 0.25) is 0 Å². The van der Waals surface area contributed by atoms with E-state index in [2.05, 4.69) is 28.7 Å². The quantitative estimate of drug-likeness (QED) is 0.315. The molecule has 40 heavy (non-hydrogen) atoms. The molecule has 7 nitrogen and oxygen atoms in total. The molecule has 8 heteroatoms. The molecular formula is C32H40FN3O4. The summed E-state index contributed by atoms with van der Waals surface area (Å²) in [5.74, 6) is -1.75. The number of piperidine rings is 1. The minimum Gasteiger partial charge on any atom is -0.479 e. The average molecular weight is 550 g/mol. The van der Waals surface area contributed by atoms with E-state index in [0.29, 0.717) is 41.1 Å². The predicted molar refractivity (Wildman–Crippen MR) is 154 cm³/mol. The van der Waals surface area contributed by atoms with E-state index in [-0.39, 0.29) is 11.3 Å². The molecule has 3 heterocycles. The number of ether oxygens (including phenoxy) is 2. The zero-order chi connectivity index (χ0) is 29.1. The molecule has 0 unspecified atom stereocenters. The van der Waals surface area contributed by atoms with E-state index in [1.807, 2.05) is 51.1 Å². The minimum absolute atomic E-state index is 0.0688. The molecule has 0 bridgehead atoms. The van der Waals surface area contributed by atoms with Gasteiger partial charge in [-0.3, -0.25) is 4.98 Å². The van der Waals surface area contributed by atoms with Crippen LogP contribution in [0, 0.1) is 18.2 Å². The van der Waals surface area contributed by atoms with Crippen LogP contribution in [0.5, 0.6) is 5.88 Å². The van der Waals surface area contributed by atoms with Crippen LogP contribution in [0.15, 0.2) is 48.8 Å². The van der Waals surface area contributed by atoms with Gasteiger partial charge in [-0.2, -0.15) is 0 Å².